The SMILES string of the molecule is N#Cc1ccc(Nc2cccc(OCCN)c2)cn1. The number of ether oxygens (including phenoxy) is 1. The molecule has 0 aliphatic heterocycles. The molecule has 96 valence electrons. The highest BCUT2D eigenvalue weighted by Gasteiger charge is 1.99. The molecule has 0 spiro atoms. The van der Waals surface area contributed by atoms with Gasteiger partial charge in [-0.1, -0.05) is 6.07 Å². The van der Waals surface area contributed by atoms with E-state index in [4.69, 9.17) is 15.7 Å². The molecule has 2 aromatic rings. The van der Waals surface area contributed by atoms with E-state index in [1.165, 1.54) is 0 Å². The molecule has 0 radical (unpaired) electrons. The van der Waals surface area contributed by atoms with E-state index in [1.54, 1.807) is 18.3 Å². The van der Waals surface area contributed by atoms with E-state index in [0.717, 1.165) is 17.1 Å². The minimum atomic E-state index is 0.394. The average Bonchev–Trinajstić information content (AvgIpc) is 2.46. The van der Waals surface area contributed by atoms with Crippen molar-refractivity contribution in [2.75, 3.05) is 18.5 Å². The van der Waals surface area contributed by atoms with Crippen molar-refractivity contribution in [3.63, 3.8) is 0 Å². The van der Waals surface area contributed by atoms with Crippen molar-refractivity contribution in [3.05, 3.63) is 48.3 Å². The molecule has 0 unspecified atom stereocenters. The maximum absolute atomic E-state index is 8.68. The van der Waals surface area contributed by atoms with Crippen molar-refractivity contribution in [3.8, 4) is 11.8 Å². The van der Waals surface area contributed by atoms with Crippen LogP contribution in [0.3, 0.4) is 0 Å². The summed E-state index contributed by atoms with van der Waals surface area (Å²) in [5, 5.41) is 11.9. The molecule has 19 heavy (non-hydrogen) atoms. The maximum Gasteiger partial charge on any atom is 0.140 e. The Labute approximate surface area is 111 Å². The number of pyridine rings is 1. The first kappa shape index (κ1) is 12.9. The predicted octanol–water partition coefficient (Wildman–Crippen LogP) is 2.03. The summed E-state index contributed by atoms with van der Waals surface area (Å²) in [6.45, 7) is 0.971. The molecule has 5 heteroatoms. The van der Waals surface area contributed by atoms with Gasteiger partial charge in [-0.25, -0.2) is 4.98 Å². The lowest BCUT2D eigenvalue weighted by Gasteiger charge is -2.09. The van der Waals surface area contributed by atoms with Crippen LogP contribution in [0.1, 0.15) is 5.69 Å². The Kier molecular flexibility index (Phi) is 4.32. The Balaban J connectivity index is 2.07. The van der Waals surface area contributed by atoms with E-state index in [1.807, 2.05) is 30.3 Å². The first-order valence-electron chi connectivity index (χ1n) is 5.88. The average molecular weight is 254 g/mol. The van der Waals surface area contributed by atoms with Crippen LogP contribution in [-0.4, -0.2) is 18.1 Å². The van der Waals surface area contributed by atoms with Crippen molar-refractivity contribution in [1.29, 1.82) is 5.26 Å². The molecule has 1 heterocycles. The van der Waals surface area contributed by atoms with Gasteiger partial charge in [-0.15, -0.1) is 0 Å². The molecule has 0 saturated carbocycles. The van der Waals surface area contributed by atoms with Crippen molar-refractivity contribution in [1.82, 2.24) is 4.98 Å². The summed E-state index contributed by atoms with van der Waals surface area (Å²) in [5.41, 5.74) is 7.49. The largest absolute Gasteiger partial charge is 0.492 e. The van der Waals surface area contributed by atoms with Crippen LogP contribution < -0.4 is 15.8 Å². The fourth-order valence-corrected chi connectivity index (χ4v) is 1.54. The number of nitrogens with two attached hydrogens (primary N) is 1. The fraction of sp³-hybridized carbons (Fsp3) is 0.143. The second-order valence-electron chi connectivity index (χ2n) is 3.83. The molecule has 0 bridgehead atoms. The Morgan fingerprint density at radius 1 is 1.26 bits per heavy atom. The number of benzene rings is 1. The summed E-state index contributed by atoms with van der Waals surface area (Å²) in [6.07, 6.45) is 1.62. The molecule has 5 nitrogen and oxygen atoms in total. The number of rotatable bonds is 5. The standard InChI is InChI=1S/C14H14N4O/c15-6-7-19-14-3-1-2-11(8-14)18-13-5-4-12(9-16)17-10-13/h1-5,8,10,18H,6-7,15H2. The highest BCUT2D eigenvalue weighted by Crippen LogP contribution is 2.21. The molecule has 1 aromatic heterocycles. The van der Waals surface area contributed by atoms with E-state index in [0.29, 0.717) is 18.8 Å². The van der Waals surface area contributed by atoms with Gasteiger partial charge >= 0.3 is 0 Å². The molecule has 0 aliphatic carbocycles. The molecule has 0 fully saturated rings. The smallest absolute Gasteiger partial charge is 0.140 e. The van der Waals surface area contributed by atoms with Crippen molar-refractivity contribution >= 4 is 11.4 Å². The van der Waals surface area contributed by atoms with Crippen LogP contribution >= 0.6 is 0 Å². The third kappa shape index (κ3) is 3.69. The first-order chi connectivity index (χ1) is 9.31. The van der Waals surface area contributed by atoms with Crippen LogP contribution in [0.5, 0.6) is 5.75 Å². The van der Waals surface area contributed by atoms with Crippen molar-refractivity contribution < 1.29 is 4.74 Å². The topological polar surface area (TPSA) is 84.0 Å². The fourth-order valence-electron chi connectivity index (χ4n) is 1.54. The van der Waals surface area contributed by atoms with Crippen LogP contribution in [0.4, 0.5) is 11.4 Å². The lowest BCUT2D eigenvalue weighted by Crippen LogP contribution is -2.10. The predicted molar refractivity (Wildman–Crippen MR) is 73.2 cm³/mol. The number of hydrogen-bond acceptors (Lipinski definition) is 5. The number of nitrogens with zero attached hydrogens (tertiary/aromatic N) is 2. The van der Waals surface area contributed by atoms with Gasteiger partial charge in [0.1, 0.15) is 24.1 Å². The molecule has 0 atom stereocenters. The highest BCUT2D eigenvalue weighted by molar-refractivity contribution is 5.60. The maximum atomic E-state index is 8.68. The molecule has 0 amide bonds. The Morgan fingerprint density at radius 3 is 2.84 bits per heavy atom. The third-order valence-electron chi connectivity index (χ3n) is 2.39. The van der Waals surface area contributed by atoms with Gasteiger partial charge in [0.05, 0.1) is 11.9 Å². The second kappa shape index (κ2) is 6.38. The number of nitrogens with one attached hydrogen (secondary N) is 1. The quantitative estimate of drug-likeness (QED) is 0.853. The minimum Gasteiger partial charge on any atom is -0.492 e. The van der Waals surface area contributed by atoms with E-state index in [2.05, 4.69) is 10.3 Å². The van der Waals surface area contributed by atoms with Crippen LogP contribution in [0.15, 0.2) is 42.6 Å². The highest BCUT2D eigenvalue weighted by atomic mass is 16.5. The summed E-state index contributed by atoms with van der Waals surface area (Å²) in [5.74, 6) is 0.761. The van der Waals surface area contributed by atoms with Crippen LogP contribution in [0, 0.1) is 11.3 Å². The number of anilines is 2. The zero-order valence-electron chi connectivity index (χ0n) is 10.3. The summed E-state index contributed by atoms with van der Waals surface area (Å²) < 4.78 is 5.45. The molecule has 1 aromatic carbocycles. The van der Waals surface area contributed by atoms with Crippen molar-refractivity contribution in [2.45, 2.75) is 0 Å². The van der Waals surface area contributed by atoms with Gasteiger partial charge in [-0.05, 0) is 24.3 Å². The zero-order valence-corrected chi connectivity index (χ0v) is 10.3. The van der Waals surface area contributed by atoms with E-state index in [-0.39, 0.29) is 0 Å². The van der Waals surface area contributed by atoms with Gasteiger partial charge in [0, 0.05) is 18.3 Å². The molecular weight excluding hydrogens is 240 g/mol. The molecule has 0 aliphatic rings. The summed E-state index contributed by atoms with van der Waals surface area (Å²) >= 11 is 0. The van der Waals surface area contributed by atoms with Gasteiger partial charge in [-0.3, -0.25) is 0 Å². The monoisotopic (exact) mass is 254 g/mol. The summed E-state index contributed by atoms with van der Waals surface area (Å²) in [4.78, 5) is 3.99. The van der Waals surface area contributed by atoms with Gasteiger partial charge in [0.15, 0.2) is 0 Å². The minimum absolute atomic E-state index is 0.394. The molecule has 2 rings (SSSR count). The Hall–Kier alpha value is -2.58. The second-order valence-corrected chi connectivity index (χ2v) is 3.83. The van der Waals surface area contributed by atoms with Crippen LogP contribution in [0.2, 0.25) is 0 Å². The normalized spacial score (nSPS) is 9.68. The van der Waals surface area contributed by atoms with E-state index >= 15 is 0 Å². The van der Waals surface area contributed by atoms with Crippen LogP contribution in [0.25, 0.3) is 0 Å². The van der Waals surface area contributed by atoms with Gasteiger partial charge in [0.2, 0.25) is 0 Å². The van der Waals surface area contributed by atoms with E-state index in [9.17, 15) is 0 Å². The van der Waals surface area contributed by atoms with Crippen molar-refractivity contribution in [2.24, 2.45) is 5.73 Å². The lowest BCUT2D eigenvalue weighted by molar-refractivity contribution is 0.328. The number of hydrogen-bond donors (Lipinski definition) is 2. The molecule has 0 saturated heterocycles. The van der Waals surface area contributed by atoms with Gasteiger partial charge in [-0.2, -0.15) is 5.26 Å². The van der Waals surface area contributed by atoms with Gasteiger partial charge < -0.3 is 15.8 Å². The van der Waals surface area contributed by atoms with Crippen LogP contribution in [-0.2, 0) is 0 Å². The molecular formula is C14H14N4O. The lowest BCUT2D eigenvalue weighted by atomic mass is 10.3. The third-order valence-corrected chi connectivity index (χ3v) is 2.39. The zero-order chi connectivity index (χ0) is 13.5. The molecule has 3 N–H and O–H groups in total. The summed E-state index contributed by atoms with van der Waals surface area (Å²) in [6, 6.07) is 13.0. The number of nitriles is 1. The Morgan fingerprint density at radius 2 is 2.16 bits per heavy atom. The Bertz CT molecular complexity index is 575. The summed E-state index contributed by atoms with van der Waals surface area (Å²) in [7, 11) is 0. The van der Waals surface area contributed by atoms with Gasteiger partial charge in [0.25, 0.3) is 0 Å². The first-order valence-corrected chi connectivity index (χ1v) is 5.88. The van der Waals surface area contributed by atoms with E-state index < -0.39 is 0 Å². The number of aromatic nitrogens is 1.